The second-order valence-electron chi connectivity index (χ2n) is 5.19. The lowest BCUT2D eigenvalue weighted by Gasteiger charge is -2.37. The number of benzene rings is 2. The lowest BCUT2D eigenvalue weighted by Crippen LogP contribution is -2.42. The van der Waals surface area contributed by atoms with Gasteiger partial charge in [-0.15, -0.1) is 0 Å². The van der Waals surface area contributed by atoms with E-state index in [0.717, 1.165) is 22.6 Å². The van der Waals surface area contributed by atoms with Crippen LogP contribution in [0.25, 0.3) is 0 Å². The summed E-state index contributed by atoms with van der Waals surface area (Å²) in [6, 6.07) is 15.5. The fraction of sp³-hybridized carbons (Fsp3) is 0.278. The van der Waals surface area contributed by atoms with Gasteiger partial charge in [0.2, 0.25) is 0 Å². The van der Waals surface area contributed by atoms with Crippen molar-refractivity contribution in [2.45, 2.75) is 20.0 Å². The average Bonchev–Trinajstić information content (AvgIpc) is 2.55. The number of nitrogens with zero attached hydrogens (tertiary/aromatic N) is 1. The predicted molar refractivity (Wildman–Crippen MR) is 87.1 cm³/mol. The first kappa shape index (κ1) is 14.4. The molecule has 114 valence electrons. The third-order valence-electron chi connectivity index (χ3n) is 3.85. The van der Waals surface area contributed by atoms with Gasteiger partial charge in [-0.25, -0.2) is 0 Å². The number of para-hydroxylation sites is 1. The first-order chi connectivity index (χ1) is 10.7. The quantitative estimate of drug-likeness (QED) is 0.936. The first-order valence-electron chi connectivity index (χ1n) is 7.64. The number of rotatable bonds is 4. The minimum Gasteiger partial charge on any atom is -0.494 e. The SMILES string of the molecule is CCOc1cccc(C2Nc3ccccc3C(=O)N2CC)c1. The van der Waals surface area contributed by atoms with Crippen LogP contribution in [0.1, 0.15) is 35.9 Å². The van der Waals surface area contributed by atoms with Crippen LogP contribution in [0.4, 0.5) is 5.69 Å². The average molecular weight is 296 g/mol. The Labute approximate surface area is 130 Å². The summed E-state index contributed by atoms with van der Waals surface area (Å²) in [5.41, 5.74) is 2.63. The van der Waals surface area contributed by atoms with Gasteiger partial charge < -0.3 is 15.0 Å². The van der Waals surface area contributed by atoms with Crippen LogP contribution >= 0.6 is 0 Å². The first-order valence-corrected chi connectivity index (χ1v) is 7.64. The maximum atomic E-state index is 12.7. The smallest absolute Gasteiger partial charge is 0.257 e. The van der Waals surface area contributed by atoms with Crippen molar-refractivity contribution in [2.75, 3.05) is 18.5 Å². The Balaban J connectivity index is 1.99. The van der Waals surface area contributed by atoms with Crippen molar-refractivity contribution >= 4 is 11.6 Å². The summed E-state index contributed by atoms with van der Waals surface area (Å²) in [6.45, 7) is 5.22. The highest BCUT2D eigenvalue weighted by molar-refractivity contribution is 6.01. The molecule has 0 aliphatic carbocycles. The minimum absolute atomic E-state index is 0.0589. The highest BCUT2D eigenvalue weighted by Gasteiger charge is 2.31. The van der Waals surface area contributed by atoms with E-state index in [-0.39, 0.29) is 12.1 Å². The fourth-order valence-corrected chi connectivity index (χ4v) is 2.82. The van der Waals surface area contributed by atoms with Gasteiger partial charge in [0.1, 0.15) is 11.9 Å². The van der Waals surface area contributed by atoms with Crippen LogP contribution in [0.3, 0.4) is 0 Å². The van der Waals surface area contributed by atoms with Gasteiger partial charge in [-0.1, -0.05) is 24.3 Å². The number of carbonyl (C=O) groups excluding carboxylic acids is 1. The number of amides is 1. The van der Waals surface area contributed by atoms with Gasteiger partial charge in [-0.05, 0) is 43.7 Å². The normalized spacial score (nSPS) is 16.9. The molecule has 1 unspecified atom stereocenters. The van der Waals surface area contributed by atoms with Crippen LogP contribution in [0.15, 0.2) is 48.5 Å². The summed E-state index contributed by atoms with van der Waals surface area (Å²) >= 11 is 0. The van der Waals surface area contributed by atoms with Crippen molar-refractivity contribution in [3.63, 3.8) is 0 Å². The van der Waals surface area contributed by atoms with E-state index < -0.39 is 0 Å². The molecule has 1 heterocycles. The van der Waals surface area contributed by atoms with E-state index in [1.54, 1.807) is 0 Å². The van der Waals surface area contributed by atoms with E-state index in [9.17, 15) is 4.79 Å². The van der Waals surface area contributed by atoms with Gasteiger partial charge in [-0.2, -0.15) is 0 Å². The second kappa shape index (κ2) is 6.10. The molecule has 0 fully saturated rings. The number of hydrogen-bond acceptors (Lipinski definition) is 3. The monoisotopic (exact) mass is 296 g/mol. The van der Waals surface area contributed by atoms with Crippen molar-refractivity contribution in [1.29, 1.82) is 0 Å². The van der Waals surface area contributed by atoms with Crippen LogP contribution in [0.2, 0.25) is 0 Å². The van der Waals surface area contributed by atoms with Gasteiger partial charge in [0.05, 0.1) is 12.2 Å². The highest BCUT2D eigenvalue weighted by Crippen LogP contribution is 2.33. The van der Waals surface area contributed by atoms with E-state index >= 15 is 0 Å². The number of hydrogen-bond donors (Lipinski definition) is 1. The maximum Gasteiger partial charge on any atom is 0.257 e. The van der Waals surface area contributed by atoms with E-state index in [0.29, 0.717) is 13.2 Å². The lowest BCUT2D eigenvalue weighted by molar-refractivity contribution is 0.0694. The molecule has 4 heteroatoms. The molecular formula is C18H20N2O2. The minimum atomic E-state index is -0.173. The zero-order valence-electron chi connectivity index (χ0n) is 12.9. The Kier molecular flexibility index (Phi) is 4.00. The molecule has 3 rings (SSSR count). The summed E-state index contributed by atoms with van der Waals surface area (Å²) in [4.78, 5) is 14.5. The van der Waals surface area contributed by atoms with Gasteiger partial charge >= 0.3 is 0 Å². The van der Waals surface area contributed by atoms with E-state index in [1.807, 2.05) is 67.3 Å². The molecule has 1 aliphatic heterocycles. The number of fused-ring (bicyclic) bond motifs is 1. The summed E-state index contributed by atoms with van der Waals surface area (Å²) in [5.74, 6) is 0.882. The number of carbonyl (C=O) groups is 1. The Hall–Kier alpha value is -2.49. The zero-order valence-corrected chi connectivity index (χ0v) is 12.9. The lowest BCUT2D eigenvalue weighted by atomic mass is 10.0. The molecule has 2 aromatic rings. The van der Waals surface area contributed by atoms with Gasteiger partial charge in [0, 0.05) is 12.2 Å². The van der Waals surface area contributed by atoms with Crippen LogP contribution in [0, 0.1) is 0 Å². The summed E-state index contributed by atoms with van der Waals surface area (Å²) in [5, 5.41) is 3.46. The Morgan fingerprint density at radius 2 is 1.95 bits per heavy atom. The van der Waals surface area contributed by atoms with E-state index in [2.05, 4.69) is 5.32 Å². The van der Waals surface area contributed by atoms with Crippen LogP contribution < -0.4 is 10.1 Å². The Bertz CT molecular complexity index is 684. The summed E-state index contributed by atoms with van der Waals surface area (Å²) in [6.07, 6.45) is -0.173. The molecule has 0 saturated heterocycles. The predicted octanol–water partition coefficient (Wildman–Crippen LogP) is 3.67. The number of ether oxygens (including phenoxy) is 1. The van der Waals surface area contributed by atoms with Gasteiger partial charge in [-0.3, -0.25) is 4.79 Å². The van der Waals surface area contributed by atoms with E-state index in [4.69, 9.17) is 4.74 Å². The number of anilines is 1. The highest BCUT2D eigenvalue weighted by atomic mass is 16.5. The van der Waals surface area contributed by atoms with Crippen LogP contribution in [-0.4, -0.2) is 24.0 Å². The van der Waals surface area contributed by atoms with Crippen molar-refractivity contribution in [1.82, 2.24) is 4.90 Å². The zero-order chi connectivity index (χ0) is 15.5. The molecule has 2 aromatic carbocycles. The Morgan fingerprint density at radius 1 is 1.14 bits per heavy atom. The Morgan fingerprint density at radius 3 is 2.73 bits per heavy atom. The van der Waals surface area contributed by atoms with E-state index in [1.165, 1.54) is 0 Å². The molecular weight excluding hydrogens is 276 g/mol. The number of nitrogens with one attached hydrogen (secondary N) is 1. The summed E-state index contributed by atoms with van der Waals surface area (Å²) < 4.78 is 5.57. The molecule has 1 amide bonds. The van der Waals surface area contributed by atoms with Crippen molar-refractivity contribution in [3.8, 4) is 5.75 Å². The second-order valence-corrected chi connectivity index (χ2v) is 5.19. The molecule has 1 N–H and O–H groups in total. The topological polar surface area (TPSA) is 41.6 Å². The third kappa shape index (κ3) is 2.52. The molecule has 4 nitrogen and oxygen atoms in total. The van der Waals surface area contributed by atoms with Crippen LogP contribution in [-0.2, 0) is 0 Å². The molecule has 0 saturated carbocycles. The van der Waals surface area contributed by atoms with Gasteiger partial charge in [0.25, 0.3) is 5.91 Å². The van der Waals surface area contributed by atoms with Crippen molar-refractivity contribution in [2.24, 2.45) is 0 Å². The molecule has 0 aromatic heterocycles. The third-order valence-corrected chi connectivity index (χ3v) is 3.85. The largest absolute Gasteiger partial charge is 0.494 e. The van der Waals surface area contributed by atoms with Crippen molar-refractivity contribution in [3.05, 3.63) is 59.7 Å². The molecule has 1 aliphatic rings. The molecule has 22 heavy (non-hydrogen) atoms. The van der Waals surface area contributed by atoms with Gasteiger partial charge in [0.15, 0.2) is 0 Å². The molecule has 1 atom stereocenters. The van der Waals surface area contributed by atoms with Crippen LogP contribution in [0.5, 0.6) is 5.75 Å². The standard InChI is InChI=1S/C18H20N2O2/c1-3-20-17(13-8-7-9-14(12-13)22-4-2)19-16-11-6-5-10-15(16)18(20)21/h5-12,17,19H,3-4H2,1-2H3. The molecule has 0 bridgehead atoms. The maximum absolute atomic E-state index is 12.7. The summed E-state index contributed by atoms with van der Waals surface area (Å²) in [7, 11) is 0. The molecule has 0 radical (unpaired) electrons. The molecule has 0 spiro atoms. The fourth-order valence-electron chi connectivity index (χ4n) is 2.82. The van der Waals surface area contributed by atoms with Crippen molar-refractivity contribution < 1.29 is 9.53 Å².